The van der Waals surface area contributed by atoms with Crippen LogP contribution in [0.3, 0.4) is 0 Å². The molecule has 0 radical (unpaired) electrons. The van der Waals surface area contributed by atoms with Crippen LogP contribution < -0.4 is 10.0 Å². The van der Waals surface area contributed by atoms with Crippen LogP contribution in [0.15, 0.2) is 78.0 Å². The molecule has 0 unspecified atom stereocenters. The number of carbonyl (C=O) groups is 1. The van der Waals surface area contributed by atoms with Crippen molar-refractivity contribution in [3.63, 3.8) is 0 Å². The van der Waals surface area contributed by atoms with Gasteiger partial charge < -0.3 is 10.2 Å². The van der Waals surface area contributed by atoms with Gasteiger partial charge in [0.05, 0.1) is 4.90 Å². The van der Waals surface area contributed by atoms with E-state index >= 15 is 0 Å². The lowest BCUT2D eigenvalue weighted by molar-refractivity contribution is 0.102. The van der Waals surface area contributed by atoms with E-state index in [1.165, 1.54) is 0 Å². The maximum absolute atomic E-state index is 12.8. The van der Waals surface area contributed by atoms with Gasteiger partial charge in [-0.1, -0.05) is 38.1 Å². The van der Waals surface area contributed by atoms with Crippen molar-refractivity contribution in [1.29, 1.82) is 0 Å². The standard InChI is InChI=1S/C26H32N4O3S/c1-3-30(4-2)17-7-14-28-34(32,33)25-11-6-9-22(20-25)18-21-8-5-10-23(19-21)26(31)29-24-12-15-27-16-13-24/h5-6,8-13,15-16,19-20,28H,3-4,7,14,17-18H2,1-2H3,(H,27,29,31). The predicted molar refractivity (Wildman–Crippen MR) is 135 cm³/mol. The highest BCUT2D eigenvalue weighted by atomic mass is 32.2. The third-order valence-corrected chi connectivity index (χ3v) is 7.04. The lowest BCUT2D eigenvalue weighted by atomic mass is 10.0. The summed E-state index contributed by atoms with van der Waals surface area (Å²) in [5.41, 5.74) is 2.99. The second kappa shape index (κ2) is 12.4. The first-order valence-electron chi connectivity index (χ1n) is 11.5. The Morgan fingerprint density at radius 2 is 1.62 bits per heavy atom. The normalized spacial score (nSPS) is 11.5. The number of nitrogens with one attached hydrogen (secondary N) is 2. The molecule has 0 saturated carbocycles. The van der Waals surface area contributed by atoms with Crippen molar-refractivity contribution in [1.82, 2.24) is 14.6 Å². The first-order chi connectivity index (χ1) is 16.4. The Labute approximate surface area is 202 Å². The van der Waals surface area contributed by atoms with Crippen LogP contribution in [0.2, 0.25) is 0 Å². The van der Waals surface area contributed by atoms with Gasteiger partial charge in [-0.2, -0.15) is 0 Å². The lowest BCUT2D eigenvalue weighted by Gasteiger charge is -2.17. The molecule has 0 fully saturated rings. The van der Waals surface area contributed by atoms with Gasteiger partial charge in [0.1, 0.15) is 0 Å². The minimum absolute atomic E-state index is 0.210. The van der Waals surface area contributed by atoms with Crippen molar-refractivity contribution in [2.45, 2.75) is 31.6 Å². The van der Waals surface area contributed by atoms with E-state index in [2.05, 4.69) is 33.8 Å². The van der Waals surface area contributed by atoms with E-state index in [9.17, 15) is 13.2 Å². The Hall–Kier alpha value is -3.07. The van der Waals surface area contributed by atoms with Gasteiger partial charge in [0, 0.05) is 30.2 Å². The van der Waals surface area contributed by atoms with Crippen LogP contribution in [0.1, 0.15) is 41.8 Å². The van der Waals surface area contributed by atoms with Gasteiger partial charge >= 0.3 is 0 Å². The van der Waals surface area contributed by atoms with E-state index in [4.69, 9.17) is 0 Å². The van der Waals surface area contributed by atoms with Crippen molar-refractivity contribution in [2.75, 3.05) is 31.5 Å². The molecule has 0 aliphatic rings. The van der Waals surface area contributed by atoms with E-state index in [0.29, 0.717) is 24.2 Å². The molecule has 180 valence electrons. The summed E-state index contributed by atoms with van der Waals surface area (Å²) in [7, 11) is -3.58. The third-order valence-electron chi connectivity index (χ3n) is 5.58. The highest BCUT2D eigenvalue weighted by Gasteiger charge is 2.14. The number of hydrogen-bond acceptors (Lipinski definition) is 5. The molecule has 2 aromatic carbocycles. The highest BCUT2D eigenvalue weighted by molar-refractivity contribution is 7.89. The van der Waals surface area contributed by atoms with Crippen LogP contribution >= 0.6 is 0 Å². The van der Waals surface area contributed by atoms with Crippen LogP contribution in [-0.4, -0.2) is 50.4 Å². The zero-order valence-electron chi connectivity index (χ0n) is 19.7. The Balaban J connectivity index is 1.63. The summed E-state index contributed by atoms with van der Waals surface area (Å²) in [6.07, 6.45) is 4.51. The van der Waals surface area contributed by atoms with Crippen molar-refractivity contribution >= 4 is 21.6 Å². The average Bonchev–Trinajstić information content (AvgIpc) is 2.85. The smallest absolute Gasteiger partial charge is 0.255 e. The van der Waals surface area contributed by atoms with Crippen molar-refractivity contribution in [3.8, 4) is 0 Å². The molecule has 0 bridgehead atoms. The average molecular weight is 481 g/mol. The zero-order chi connectivity index (χ0) is 24.4. The van der Waals surface area contributed by atoms with Crippen LogP contribution in [0, 0.1) is 0 Å². The van der Waals surface area contributed by atoms with Gasteiger partial charge in [-0.15, -0.1) is 0 Å². The molecule has 0 saturated heterocycles. The monoisotopic (exact) mass is 480 g/mol. The zero-order valence-corrected chi connectivity index (χ0v) is 20.5. The molecule has 8 heteroatoms. The largest absolute Gasteiger partial charge is 0.322 e. The summed E-state index contributed by atoms with van der Waals surface area (Å²) in [6, 6.07) is 17.7. The second-order valence-corrected chi connectivity index (χ2v) is 9.76. The van der Waals surface area contributed by atoms with Gasteiger partial charge in [-0.25, -0.2) is 13.1 Å². The highest BCUT2D eigenvalue weighted by Crippen LogP contribution is 2.17. The number of sulfonamides is 1. The Morgan fingerprint density at radius 3 is 2.32 bits per heavy atom. The van der Waals surface area contributed by atoms with Crippen molar-refractivity contribution < 1.29 is 13.2 Å². The van der Waals surface area contributed by atoms with Crippen LogP contribution in [0.25, 0.3) is 0 Å². The molecule has 7 nitrogen and oxygen atoms in total. The number of hydrogen-bond donors (Lipinski definition) is 2. The maximum atomic E-state index is 12.8. The number of aromatic nitrogens is 1. The molecule has 3 rings (SSSR count). The first-order valence-corrected chi connectivity index (χ1v) is 13.0. The van der Waals surface area contributed by atoms with Crippen LogP contribution in [-0.2, 0) is 16.4 Å². The van der Waals surface area contributed by atoms with Crippen molar-refractivity contribution in [2.24, 2.45) is 0 Å². The third kappa shape index (κ3) is 7.48. The van der Waals surface area contributed by atoms with Gasteiger partial charge in [0.2, 0.25) is 10.0 Å². The van der Waals surface area contributed by atoms with E-state index < -0.39 is 10.0 Å². The van der Waals surface area contributed by atoms with E-state index in [1.54, 1.807) is 48.8 Å². The first kappa shape index (κ1) is 25.6. The van der Waals surface area contributed by atoms with Gasteiger partial charge in [0.25, 0.3) is 5.91 Å². The van der Waals surface area contributed by atoms with Crippen LogP contribution in [0.5, 0.6) is 0 Å². The molecule has 1 amide bonds. The topological polar surface area (TPSA) is 91.4 Å². The Kier molecular flexibility index (Phi) is 9.33. The minimum atomic E-state index is -3.58. The fourth-order valence-corrected chi connectivity index (χ4v) is 4.80. The molecular formula is C26H32N4O3S. The SMILES string of the molecule is CCN(CC)CCCNS(=O)(=O)c1cccc(Cc2cccc(C(=O)Nc3ccncc3)c2)c1. The molecule has 1 heterocycles. The van der Waals surface area contributed by atoms with Gasteiger partial charge in [0.15, 0.2) is 0 Å². The quantitative estimate of drug-likeness (QED) is 0.383. The van der Waals surface area contributed by atoms with Gasteiger partial charge in [-0.05, 0) is 80.0 Å². The van der Waals surface area contributed by atoms with E-state index in [0.717, 1.165) is 37.2 Å². The van der Waals surface area contributed by atoms with E-state index in [1.807, 2.05) is 24.3 Å². The molecule has 0 spiro atoms. The summed E-state index contributed by atoms with van der Waals surface area (Å²) in [5.74, 6) is -0.210. The minimum Gasteiger partial charge on any atom is -0.322 e. The molecule has 2 N–H and O–H groups in total. The number of nitrogens with zero attached hydrogens (tertiary/aromatic N) is 2. The van der Waals surface area contributed by atoms with Crippen molar-refractivity contribution in [3.05, 3.63) is 89.7 Å². The van der Waals surface area contributed by atoms with Gasteiger partial charge in [-0.3, -0.25) is 9.78 Å². The number of pyridine rings is 1. The molecule has 0 atom stereocenters. The number of anilines is 1. The molecule has 1 aromatic heterocycles. The molecular weight excluding hydrogens is 448 g/mol. The fourth-order valence-electron chi connectivity index (χ4n) is 3.65. The predicted octanol–water partition coefficient (Wildman–Crippen LogP) is 3.93. The summed E-state index contributed by atoms with van der Waals surface area (Å²) < 4.78 is 28.2. The molecule has 3 aromatic rings. The summed E-state index contributed by atoms with van der Waals surface area (Å²) in [6.45, 7) is 7.37. The Morgan fingerprint density at radius 1 is 0.941 bits per heavy atom. The lowest BCUT2D eigenvalue weighted by Crippen LogP contribution is -2.30. The fraction of sp³-hybridized carbons (Fsp3) is 0.308. The second-order valence-electron chi connectivity index (χ2n) is 7.99. The number of rotatable bonds is 12. The maximum Gasteiger partial charge on any atom is 0.255 e. The number of amides is 1. The van der Waals surface area contributed by atoms with E-state index in [-0.39, 0.29) is 10.8 Å². The summed E-state index contributed by atoms with van der Waals surface area (Å²) in [5, 5.41) is 2.85. The summed E-state index contributed by atoms with van der Waals surface area (Å²) >= 11 is 0. The van der Waals surface area contributed by atoms with Crippen LogP contribution in [0.4, 0.5) is 5.69 Å². The number of carbonyl (C=O) groups excluding carboxylic acids is 1. The molecule has 34 heavy (non-hydrogen) atoms. The molecule has 0 aliphatic heterocycles. The number of benzene rings is 2. The molecule has 0 aliphatic carbocycles. The summed E-state index contributed by atoms with van der Waals surface area (Å²) in [4.78, 5) is 19.0. The Bertz CT molecular complexity index is 1180.